The van der Waals surface area contributed by atoms with Crippen LogP contribution in [0.5, 0.6) is 11.5 Å². The second-order valence-corrected chi connectivity index (χ2v) is 4.06. The number of amidine groups is 1. The number of benzene rings is 2. The van der Waals surface area contributed by atoms with Crippen molar-refractivity contribution in [3.8, 4) is 11.5 Å². The first-order chi connectivity index (χ1) is 9.22. The van der Waals surface area contributed by atoms with Gasteiger partial charge in [-0.3, -0.25) is 0 Å². The van der Waals surface area contributed by atoms with E-state index in [1.807, 2.05) is 55.5 Å². The quantitative estimate of drug-likeness (QED) is 0.339. The number of aryl methyl sites for hydroxylation is 1. The lowest BCUT2D eigenvalue weighted by molar-refractivity contribution is 0.482. The Morgan fingerprint density at radius 3 is 2.00 bits per heavy atom. The molecule has 0 aliphatic carbocycles. The molecule has 98 valence electrons. The molecule has 0 aliphatic heterocycles. The molecule has 0 atom stereocenters. The number of nitrogens with two attached hydrogens (primary N) is 2. The van der Waals surface area contributed by atoms with Gasteiger partial charge in [0.05, 0.1) is 0 Å². The second kappa shape index (κ2) is 5.88. The van der Waals surface area contributed by atoms with E-state index in [4.69, 9.17) is 16.4 Å². The van der Waals surface area contributed by atoms with Crippen LogP contribution >= 0.6 is 0 Å². The monoisotopic (exact) mass is 256 g/mol. The number of ether oxygens (including phenoxy) is 1. The van der Waals surface area contributed by atoms with Crippen molar-refractivity contribution in [2.45, 2.75) is 6.92 Å². The van der Waals surface area contributed by atoms with Gasteiger partial charge in [0, 0.05) is 5.56 Å². The lowest BCUT2D eigenvalue weighted by atomic mass is 10.2. The Balaban J connectivity index is 2.12. The van der Waals surface area contributed by atoms with Gasteiger partial charge in [-0.15, -0.1) is 0 Å². The summed E-state index contributed by atoms with van der Waals surface area (Å²) in [6.07, 6.45) is 0. The standard InChI is InChI=1S/C14H16N4O/c1-10-2-6-12(7-3-10)19-13-8-4-11(5-9-13)14(17-15)18-16/h2-9H,15-16H2,1H3,(H,17,18). The minimum absolute atomic E-state index is 0.418. The highest BCUT2D eigenvalue weighted by Gasteiger charge is 2.02. The molecule has 5 N–H and O–H groups in total. The van der Waals surface area contributed by atoms with Crippen molar-refractivity contribution in [3.05, 3.63) is 59.7 Å². The summed E-state index contributed by atoms with van der Waals surface area (Å²) in [7, 11) is 0. The molecule has 0 amide bonds. The maximum absolute atomic E-state index is 5.71. The lowest BCUT2D eigenvalue weighted by Crippen LogP contribution is -2.31. The Kier molecular flexibility index (Phi) is 4.00. The number of nitrogens with zero attached hydrogens (tertiary/aromatic N) is 1. The average Bonchev–Trinajstić information content (AvgIpc) is 2.44. The molecule has 2 aromatic rings. The minimum atomic E-state index is 0.418. The molecule has 0 fully saturated rings. The Hall–Kier alpha value is -2.53. The van der Waals surface area contributed by atoms with Gasteiger partial charge < -0.3 is 16.0 Å². The van der Waals surface area contributed by atoms with Crippen molar-refractivity contribution in [3.63, 3.8) is 0 Å². The van der Waals surface area contributed by atoms with Crippen molar-refractivity contribution in [2.75, 3.05) is 0 Å². The molecule has 0 unspecified atom stereocenters. The van der Waals surface area contributed by atoms with E-state index in [0.29, 0.717) is 5.84 Å². The molecule has 0 radical (unpaired) electrons. The number of nitrogens with one attached hydrogen (secondary N) is 1. The summed E-state index contributed by atoms with van der Waals surface area (Å²) in [5, 5.41) is 3.54. The first-order valence-electron chi connectivity index (χ1n) is 5.82. The largest absolute Gasteiger partial charge is 0.457 e. The first kappa shape index (κ1) is 12.9. The van der Waals surface area contributed by atoms with Crippen molar-refractivity contribution >= 4 is 5.84 Å². The van der Waals surface area contributed by atoms with Crippen LogP contribution in [-0.2, 0) is 0 Å². The summed E-state index contributed by atoms with van der Waals surface area (Å²) >= 11 is 0. The summed E-state index contributed by atoms with van der Waals surface area (Å²) in [6, 6.07) is 15.2. The van der Waals surface area contributed by atoms with Gasteiger partial charge in [0.25, 0.3) is 0 Å². The van der Waals surface area contributed by atoms with Crippen LogP contribution in [0.15, 0.2) is 53.6 Å². The highest BCUT2D eigenvalue weighted by Crippen LogP contribution is 2.21. The fourth-order valence-corrected chi connectivity index (χ4v) is 1.62. The van der Waals surface area contributed by atoms with Crippen LogP contribution in [0.25, 0.3) is 0 Å². The van der Waals surface area contributed by atoms with E-state index >= 15 is 0 Å². The number of hydrogen-bond acceptors (Lipinski definition) is 4. The number of hydrogen-bond donors (Lipinski definition) is 3. The Morgan fingerprint density at radius 2 is 1.53 bits per heavy atom. The number of hydrazone groups is 1. The van der Waals surface area contributed by atoms with E-state index in [1.54, 1.807) is 0 Å². The molecular formula is C14H16N4O. The third kappa shape index (κ3) is 3.23. The zero-order chi connectivity index (χ0) is 13.7. The fraction of sp³-hybridized carbons (Fsp3) is 0.0714. The molecule has 5 nitrogen and oxygen atoms in total. The van der Waals surface area contributed by atoms with Crippen LogP contribution < -0.4 is 21.8 Å². The van der Waals surface area contributed by atoms with Crippen LogP contribution in [0.4, 0.5) is 0 Å². The topological polar surface area (TPSA) is 85.7 Å². The smallest absolute Gasteiger partial charge is 0.166 e. The Bertz CT molecular complexity index is 561. The lowest BCUT2D eigenvalue weighted by Gasteiger charge is -2.08. The zero-order valence-electron chi connectivity index (χ0n) is 10.6. The first-order valence-corrected chi connectivity index (χ1v) is 5.82. The number of hydrazine groups is 1. The summed E-state index contributed by atoms with van der Waals surface area (Å²) in [5.41, 5.74) is 4.42. The van der Waals surface area contributed by atoms with Gasteiger partial charge in [-0.2, -0.15) is 5.10 Å². The SMILES string of the molecule is Cc1ccc(Oc2ccc(/C(=N/N)NN)cc2)cc1. The Labute approximate surface area is 111 Å². The van der Waals surface area contributed by atoms with Crippen LogP contribution in [0.3, 0.4) is 0 Å². The van der Waals surface area contributed by atoms with Gasteiger partial charge in [0.2, 0.25) is 0 Å². The van der Waals surface area contributed by atoms with E-state index in [-0.39, 0.29) is 0 Å². The predicted molar refractivity (Wildman–Crippen MR) is 75.7 cm³/mol. The number of rotatable bonds is 3. The van der Waals surface area contributed by atoms with Gasteiger partial charge in [0.15, 0.2) is 5.84 Å². The van der Waals surface area contributed by atoms with Crippen molar-refractivity contribution in [1.82, 2.24) is 5.43 Å². The van der Waals surface area contributed by atoms with Crippen LogP contribution in [0.1, 0.15) is 11.1 Å². The van der Waals surface area contributed by atoms with Gasteiger partial charge in [-0.1, -0.05) is 17.7 Å². The van der Waals surface area contributed by atoms with Gasteiger partial charge in [0.1, 0.15) is 11.5 Å². The molecule has 5 heteroatoms. The molecule has 0 bridgehead atoms. The molecule has 0 saturated heterocycles. The summed E-state index contributed by atoms with van der Waals surface area (Å²) in [5.74, 6) is 12.5. The molecule has 0 heterocycles. The maximum atomic E-state index is 5.71. The van der Waals surface area contributed by atoms with Crippen LogP contribution in [-0.4, -0.2) is 5.84 Å². The van der Waals surface area contributed by atoms with Gasteiger partial charge in [-0.25, -0.2) is 5.84 Å². The van der Waals surface area contributed by atoms with Crippen LogP contribution in [0, 0.1) is 6.92 Å². The third-order valence-electron chi connectivity index (χ3n) is 2.65. The average molecular weight is 256 g/mol. The normalized spacial score (nSPS) is 11.2. The van der Waals surface area contributed by atoms with Crippen molar-refractivity contribution in [1.29, 1.82) is 0 Å². The molecular weight excluding hydrogens is 240 g/mol. The Morgan fingerprint density at radius 1 is 1.00 bits per heavy atom. The molecule has 0 saturated carbocycles. The van der Waals surface area contributed by atoms with Gasteiger partial charge >= 0.3 is 0 Å². The van der Waals surface area contributed by atoms with Crippen LogP contribution in [0.2, 0.25) is 0 Å². The summed E-state index contributed by atoms with van der Waals surface area (Å²) < 4.78 is 5.71. The zero-order valence-corrected chi connectivity index (χ0v) is 10.6. The molecule has 0 aromatic heterocycles. The third-order valence-corrected chi connectivity index (χ3v) is 2.65. The molecule has 19 heavy (non-hydrogen) atoms. The minimum Gasteiger partial charge on any atom is -0.457 e. The molecule has 2 rings (SSSR count). The van der Waals surface area contributed by atoms with E-state index in [9.17, 15) is 0 Å². The van der Waals surface area contributed by atoms with E-state index in [1.165, 1.54) is 5.56 Å². The van der Waals surface area contributed by atoms with E-state index in [0.717, 1.165) is 17.1 Å². The maximum Gasteiger partial charge on any atom is 0.166 e. The molecule has 0 spiro atoms. The second-order valence-electron chi connectivity index (χ2n) is 4.06. The highest BCUT2D eigenvalue weighted by molar-refractivity contribution is 5.98. The van der Waals surface area contributed by atoms with E-state index < -0.39 is 0 Å². The molecule has 0 aliphatic rings. The summed E-state index contributed by atoms with van der Waals surface area (Å²) in [4.78, 5) is 0. The fourth-order valence-electron chi connectivity index (χ4n) is 1.62. The summed E-state index contributed by atoms with van der Waals surface area (Å²) in [6.45, 7) is 2.03. The van der Waals surface area contributed by atoms with Gasteiger partial charge in [-0.05, 0) is 43.3 Å². The van der Waals surface area contributed by atoms with Crippen molar-refractivity contribution in [2.24, 2.45) is 16.8 Å². The van der Waals surface area contributed by atoms with Crippen molar-refractivity contribution < 1.29 is 4.74 Å². The highest BCUT2D eigenvalue weighted by atomic mass is 16.5. The molecule has 2 aromatic carbocycles. The predicted octanol–water partition coefficient (Wildman–Crippen LogP) is 1.87. The van der Waals surface area contributed by atoms with E-state index in [2.05, 4.69) is 10.5 Å².